The third-order valence-corrected chi connectivity index (χ3v) is 3.87. The maximum absolute atomic E-state index is 9.36. The summed E-state index contributed by atoms with van der Waals surface area (Å²) in [4.78, 5) is 0. The van der Waals surface area contributed by atoms with E-state index in [9.17, 15) is 5.11 Å². The number of nitrogens with zero attached hydrogens (tertiary/aromatic N) is 1. The van der Waals surface area contributed by atoms with Gasteiger partial charge in [-0.2, -0.15) is 0 Å². The lowest BCUT2D eigenvalue weighted by molar-refractivity contribution is 0.152. The summed E-state index contributed by atoms with van der Waals surface area (Å²) in [5.74, 6) is 1.30. The number of rotatable bonds is 4. The number of aliphatic hydroxyl groups is 1. The Hall–Kier alpha value is -0.870. The molecular weight excluding hydrogens is 216 g/mol. The van der Waals surface area contributed by atoms with Gasteiger partial charge in [-0.3, -0.25) is 0 Å². The molecule has 2 N–H and O–H groups in total. The van der Waals surface area contributed by atoms with Crippen LogP contribution in [0.2, 0.25) is 0 Å². The van der Waals surface area contributed by atoms with Crippen molar-refractivity contribution >= 4 is 0 Å². The number of aliphatic hydroxyl groups excluding tert-OH is 1. The predicted molar refractivity (Wildman–Crippen MR) is 65.6 cm³/mol. The zero-order valence-electron chi connectivity index (χ0n) is 10.7. The summed E-state index contributed by atoms with van der Waals surface area (Å²) in [6, 6.07) is 0.433. The topological polar surface area (TPSA) is 58.3 Å². The molecule has 17 heavy (non-hydrogen) atoms. The van der Waals surface area contributed by atoms with Gasteiger partial charge in [0.1, 0.15) is 5.76 Å². The van der Waals surface area contributed by atoms with Crippen LogP contribution in [0.1, 0.15) is 42.7 Å². The number of nitrogens with one attached hydrogen (secondary N) is 1. The van der Waals surface area contributed by atoms with E-state index in [1.54, 1.807) is 0 Å². The van der Waals surface area contributed by atoms with Gasteiger partial charge in [-0.15, -0.1) is 0 Å². The van der Waals surface area contributed by atoms with E-state index in [4.69, 9.17) is 4.52 Å². The first-order chi connectivity index (χ1) is 8.22. The molecule has 96 valence electrons. The van der Waals surface area contributed by atoms with Gasteiger partial charge in [0.2, 0.25) is 0 Å². The van der Waals surface area contributed by atoms with Gasteiger partial charge in [0, 0.05) is 24.8 Å². The lowest BCUT2D eigenvalue weighted by Gasteiger charge is -2.31. The Labute approximate surface area is 102 Å². The van der Waals surface area contributed by atoms with Crippen molar-refractivity contribution in [2.75, 3.05) is 6.61 Å². The molecular formula is C13H22N2O2. The van der Waals surface area contributed by atoms with E-state index < -0.39 is 0 Å². The SMILES string of the molecule is Cc1noc(C)c1CNC1CCCCC1CO. The second kappa shape index (κ2) is 5.65. The van der Waals surface area contributed by atoms with Crippen molar-refractivity contribution in [3.8, 4) is 0 Å². The van der Waals surface area contributed by atoms with Gasteiger partial charge in [-0.05, 0) is 32.6 Å². The third-order valence-electron chi connectivity index (χ3n) is 3.87. The number of aromatic nitrogens is 1. The van der Waals surface area contributed by atoms with Crippen molar-refractivity contribution in [2.24, 2.45) is 5.92 Å². The van der Waals surface area contributed by atoms with Crippen LogP contribution in [0.5, 0.6) is 0 Å². The molecule has 2 atom stereocenters. The average Bonchev–Trinajstić information content (AvgIpc) is 2.67. The highest BCUT2D eigenvalue weighted by Gasteiger charge is 2.24. The molecule has 1 saturated carbocycles. The lowest BCUT2D eigenvalue weighted by Crippen LogP contribution is -2.39. The number of hydrogen-bond donors (Lipinski definition) is 2. The fourth-order valence-corrected chi connectivity index (χ4v) is 2.68. The maximum atomic E-state index is 9.36. The van der Waals surface area contributed by atoms with Crippen molar-refractivity contribution in [2.45, 2.75) is 52.1 Å². The van der Waals surface area contributed by atoms with Crippen molar-refractivity contribution < 1.29 is 9.63 Å². The maximum Gasteiger partial charge on any atom is 0.138 e. The Morgan fingerprint density at radius 2 is 2.12 bits per heavy atom. The fraction of sp³-hybridized carbons (Fsp3) is 0.769. The molecule has 1 heterocycles. The minimum absolute atomic E-state index is 0.291. The number of hydrogen-bond acceptors (Lipinski definition) is 4. The summed E-state index contributed by atoms with van der Waals surface area (Å²) in [5.41, 5.74) is 2.12. The molecule has 0 radical (unpaired) electrons. The van der Waals surface area contributed by atoms with Crippen molar-refractivity contribution in [3.05, 3.63) is 17.0 Å². The van der Waals surface area contributed by atoms with E-state index in [0.717, 1.165) is 36.4 Å². The minimum Gasteiger partial charge on any atom is -0.396 e. The molecule has 1 aliphatic carbocycles. The van der Waals surface area contributed by atoms with Gasteiger partial charge in [-0.1, -0.05) is 18.0 Å². The van der Waals surface area contributed by atoms with Gasteiger partial charge in [0.25, 0.3) is 0 Å². The standard InChI is InChI=1S/C13H22N2O2/c1-9-12(10(2)17-15-9)7-14-13-6-4-3-5-11(13)8-16/h11,13-14,16H,3-8H2,1-2H3. The molecule has 1 aliphatic rings. The van der Waals surface area contributed by atoms with Gasteiger partial charge in [0.05, 0.1) is 5.69 Å². The molecule has 1 fully saturated rings. The molecule has 0 spiro atoms. The van der Waals surface area contributed by atoms with Crippen LogP contribution in [0.3, 0.4) is 0 Å². The molecule has 1 aromatic heterocycles. The van der Waals surface area contributed by atoms with E-state index in [-0.39, 0.29) is 0 Å². The summed E-state index contributed by atoms with van der Waals surface area (Å²) < 4.78 is 5.15. The highest BCUT2D eigenvalue weighted by molar-refractivity contribution is 5.20. The zero-order chi connectivity index (χ0) is 12.3. The zero-order valence-corrected chi connectivity index (χ0v) is 10.7. The fourth-order valence-electron chi connectivity index (χ4n) is 2.68. The predicted octanol–water partition coefficient (Wildman–Crippen LogP) is 1.93. The monoisotopic (exact) mass is 238 g/mol. The first-order valence-corrected chi connectivity index (χ1v) is 6.48. The lowest BCUT2D eigenvalue weighted by atomic mass is 9.85. The molecule has 0 amide bonds. The molecule has 2 unspecified atom stereocenters. The van der Waals surface area contributed by atoms with Gasteiger partial charge < -0.3 is 14.9 Å². The summed E-state index contributed by atoms with van der Waals surface area (Å²) >= 11 is 0. The average molecular weight is 238 g/mol. The Kier molecular flexibility index (Phi) is 4.18. The highest BCUT2D eigenvalue weighted by Crippen LogP contribution is 2.24. The van der Waals surface area contributed by atoms with Crippen LogP contribution in [0, 0.1) is 19.8 Å². The normalized spacial score (nSPS) is 25.1. The van der Waals surface area contributed by atoms with E-state index in [1.807, 2.05) is 13.8 Å². The Bertz CT molecular complexity index is 343. The second-order valence-electron chi connectivity index (χ2n) is 5.02. The Morgan fingerprint density at radius 3 is 2.76 bits per heavy atom. The molecule has 0 aliphatic heterocycles. The van der Waals surface area contributed by atoms with Crippen molar-refractivity contribution in [3.63, 3.8) is 0 Å². The van der Waals surface area contributed by atoms with Crippen LogP contribution in [-0.4, -0.2) is 22.9 Å². The van der Waals surface area contributed by atoms with E-state index >= 15 is 0 Å². The summed E-state index contributed by atoms with van der Waals surface area (Å²) in [6.45, 7) is 5.00. The second-order valence-corrected chi connectivity index (χ2v) is 5.02. The van der Waals surface area contributed by atoms with E-state index in [0.29, 0.717) is 18.6 Å². The van der Waals surface area contributed by atoms with Gasteiger partial charge in [0.15, 0.2) is 0 Å². The largest absolute Gasteiger partial charge is 0.396 e. The third kappa shape index (κ3) is 2.87. The van der Waals surface area contributed by atoms with Crippen LogP contribution in [0.25, 0.3) is 0 Å². The Balaban J connectivity index is 1.92. The minimum atomic E-state index is 0.291. The van der Waals surface area contributed by atoms with E-state index in [1.165, 1.54) is 12.8 Å². The first kappa shape index (κ1) is 12.6. The van der Waals surface area contributed by atoms with Crippen LogP contribution in [0.4, 0.5) is 0 Å². The smallest absolute Gasteiger partial charge is 0.138 e. The van der Waals surface area contributed by atoms with E-state index in [2.05, 4.69) is 10.5 Å². The highest BCUT2D eigenvalue weighted by atomic mass is 16.5. The molecule has 0 bridgehead atoms. The molecule has 2 rings (SSSR count). The number of aryl methyl sites for hydroxylation is 2. The Morgan fingerprint density at radius 1 is 1.35 bits per heavy atom. The molecule has 0 aromatic carbocycles. The summed E-state index contributed by atoms with van der Waals surface area (Å²) in [7, 11) is 0. The van der Waals surface area contributed by atoms with Crippen LogP contribution in [0.15, 0.2) is 4.52 Å². The summed E-state index contributed by atoms with van der Waals surface area (Å²) in [5, 5.41) is 16.9. The van der Waals surface area contributed by atoms with Crippen LogP contribution in [-0.2, 0) is 6.54 Å². The molecule has 1 aromatic rings. The van der Waals surface area contributed by atoms with Crippen molar-refractivity contribution in [1.82, 2.24) is 10.5 Å². The molecule has 4 heteroatoms. The van der Waals surface area contributed by atoms with Crippen LogP contribution < -0.4 is 5.32 Å². The molecule has 4 nitrogen and oxygen atoms in total. The van der Waals surface area contributed by atoms with Crippen LogP contribution >= 0.6 is 0 Å². The molecule has 0 saturated heterocycles. The van der Waals surface area contributed by atoms with Crippen molar-refractivity contribution in [1.29, 1.82) is 0 Å². The quantitative estimate of drug-likeness (QED) is 0.841. The first-order valence-electron chi connectivity index (χ1n) is 6.48. The van der Waals surface area contributed by atoms with Gasteiger partial charge >= 0.3 is 0 Å². The van der Waals surface area contributed by atoms with Gasteiger partial charge in [-0.25, -0.2) is 0 Å². The summed E-state index contributed by atoms with van der Waals surface area (Å²) in [6.07, 6.45) is 4.80.